The summed E-state index contributed by atoms with van der Waals surface area (Å²) in [7, 11) is 3.20. The van der Waals surface area contributed by atoms with E-state index < -0.39 is 11.7 Å². The Hall–Kier alpha value is -2.81. The number of aromatic nitrogens is 2. The molecule has 0 amide bonds. The molecule has 0 radical (unpaired) electrons. The highest BCUT2D eigenvalue weighted by molar-refractivity contribution is 5.81. The Labute approximate surface area is 184 Å². The maximum atomic E-state index is 13.8. The van der Waals surface area contributed by atoms with E-state index in [0.717, 1.165) is 31.3 Å². The average Bonchev–Trinajstić information content (AvgIpc) is 3.22. The van der Waals surface area contributed by atoms with Gasteiger partial charge in [-0.15, -0.1) is 0 Å². The van der Waals surface area contributed by atoms with Gasteiger partial charge in [-0.05, 0) is 56.1 Å². The summed E-state index contributed by atoms with van der Waals surface area (Å²) < 4.78 is 57.2. The van der Waals surface area contributed by atoms with Gasteiger partial charge in [-0.3, -0.25) is 4.90 Å². The van der Waals surface area contributed by atoms with Crippen LogP contribution in [0.2, 0.25) is 0 Å². The van der Waals surface area contributed by atoms with Gasteiger partial charge in [0.25, 0.3) is 5.71 Å². The zero-order valence-corrected chi connectivity index (χ0v) is 18.3. The number of rotatable bonds is 6. The van der Waals surface area contributed by atoms with Gasteiger partial charge in [-0.25, -0.2) is 4.98 Å². The third-order valence-corrected chi connectivity index (χ3v) is 6.02. The molecule has 172 valence electrons. The molecule has 6 nitrogen and oxygen atoms in total. The molecule has 1 saturated heterocycles. The number of pyridine rings is 1. The van der Waals surface area contributed by atoms with Crippen LogP contribution in [-0.4, -0.2) is 42.3 Å². The Kier molecular flexibility index (Phi) is 6.28. The van der Waals surface area contributed by atoms with Crippen molar-refractivity contribution in [3.05, 3.63) is 46.8 Å². The molecule has 0 bridgehead atoms. The first-order valence-corrected chi connectivity index (χ1v) is 10.6. The number of alkyl halides is 3. The molecular weight excluding hydrogens is 423 g/mol. The van der Waals surface area contributed by atoms with E-state index in [-0.39, 0.29) is 17.0 Å². The number of methoxy groups -OCH3 is 2. The standard InChI is InChI=1S/C23H26F3N3O3/c1-4-16-12-17(23(24,25)26)20-21(28-32-22(20)27-16)15-7-9-29(10-8-15)13-14-5-6-18(30-2)19(11-14)31-3/h5-6,11-12,15H,4,7-10,13H2,1-3H3. The van der Waals surface area contributed by atoms with E-state index in [1.54, 1.807) is 21.1 Å². The van der Waals surface area contributed by atoms with Gasteiger partial charge in [-0.1, -0.05) is 18.1 Å². The number of aryl methyl sites for hydroxylation is 1. The minimum Gasteiger partial charge on any atom is -0.493 e. The van der Waals surface area contributed by atoms with Crippen molar-refractivity contribution in [2.45, 2.75) is 44.8 Å². The van der Waals surface area contributed by atoms with Gasteiger partial charge in [0.05, 0.1) is 30.9 Å². The topological polar surface area (TPSA) is 60.6 Å². The first-order valence-electron chi connectivity index (χ1n) is 10.6. The Morgan fingerprint density at radius 1 is 1.09 bits per heavy atom. The largest absolute Gasteiger partial charge is 0.493 e. The monoisotopic (exact) mass is 449 g/mol. The molecule has 1 aromatic carbocycles. The van der Waals surface area contributed by atoms with E-state index in [1.807, 2.05) is 18.2 Å². The van der Waals surface area contributed by atoms with Crippen LogP contribution in [0.15, 0.2) is 28.8 Å². The molecule has 9 heteroatoms. The minimum atomic E-state index is -4.49. The van der Waals surface area contributed by atoms with Gasteiger partial charge in [0.1, 0.15) is 0 Å². The molecule has 3 heterocycles. The lowest BCUT2D eigenvalue weighted by Gasteiger charge is -2.31. The molecule has 4 rings (SSSR count). The lowest BCUT2D eigenvalue weighted by molar-refractivity contribution is -0.136. The van der Waals surface area contributed by atoms with Crippen LogP contribution in [0.5, 0.6) is 11.5 Å². The van der Waals surface area contributed by atoms with Crippen LogP contribution < -0.4 is 9.47 Å². The van der Waals surface area contributed by atoms with E-state index in [4.69, 9.17) is 14.0 Å². The SMILES string of the molecule is CCc1cc(C(F)(F)F)c2c(C3CCN(Cc4ccc(OC)c(OC)c4)CC3)noc2n1. The molecule has 1 fully saturated rings. The van der Waals surface area contributed by atoms with Crippen LogP contribution in [0.1, 0.15) is 48.2 Å². The highest BCUT2D eigenvalue weighted by atomic mass is 19.4. The summed E-state index contributed by atoms with van der Waals surface area (Å²) in [6.45, 7) is 3.98. The van der Waals surface area contributed by atoms with Crippen molar-refractivity contribution >= 4 is 11.1 Å². The number of ether oxygens (including phenoxy) is 2. The zero-order valence-electron chi connectivity index (χ0n) is 18.3. The normalized spacial score (nSPS) is 15.9. The molecule has 0 unspecified atom stereocenters. The molecule has 1 aliphatic heterocycles. The third-order valence-electron chi connectivity index (χ3n) is 6.02. The molecule has 1 aliphatic rings. The summed E-state index contributed by atoms with van der Waals surface area (Å²) in [5, 5.41) is 4.04. The number of piperidine rings is 1. The van der Waals surface area contributed by atoms with Gasteiger partial charge in [0.15, 0.2) is 11.5 Å². The number of hydrogen-bond acceptors (Lipinski definition) is 6. The number of fused-ring (bicyclic) bond motifs is 1. The van der Waals surface area contributed by atoms with Gasteiger partial charge < -0.3 is 14.0 Å². The van der Waals surface area contributed by atoms with Crippen LogP contribution in [0, 0.1) is 0 Å². The predicted octanol–water partition coefficient (Wildman–Crippen LogP) is 5.20. The Balaban J connectivity index is 1.51. The van der Waals surface area contributed by atoms with Crippen molar-refractivity contribution in [2.75, 3.05) is 27.3 Å². The highest BCUT2D eigenvalue weighted by Crippen LogP contribution is 2.40. The van der Waals surface area contributed by atoms with Crippen molar-refractivity contribution in [2.24, 2.45) is 0 Å². The van der Waals surface area contributed by atoms with Crippen LogP contribution >= 0.6 is 0 Å². The highest BCUT2D eigenvalue weighted by Gasteiger charge is 2.37. The van der Waals surface area contributed by atoms with Crippen molar-refractivity contribution in [3.63, 3.8) is 0 Å². The van der Waals surface area contributed by atoms with Gasteiger partial charge in [-0.2, -0.15) is 13.2 Å². The summed E-state index contributed by atoms with van der Waals surface area (Å²) in [5.41, 5.74) is 1.07. The van der Waals surface area contributed by atoms with Gasteiger partial charge >= 0.3 is 6.18 Å². The second kappa shape index (κ2) is 8.97. The average molecular weight is 449 g/mol. The minimum absolute atomic E-state index is 0.00745. The van der Waals surface area contributed by atoms with E-state index in [0.29, 0.717) is 42.1 Å². The molecule has 0 atom stereocenters. The zero-order chi connectivity index (χ0) is 22.9. The predicted molar refractivity (Wildman–Crippen MR) is 113 cm³/mol. The lowest BCUT2D eigenvalue weighted by Crippen LogP contribution is -2.32. The number of nitrogens with zero attached hydrogens (tertiary/aromatic N) is 3. The van der Waals surface area contributed by atoms with E-state index in [1.165, 1.54) is 0 Å². The van der Waals surface area contributed by atoms with Crippen LogP contribution in [-0.2, 0) is 19.1 Å². The molecular formula is C23H26F3N3O3. The van der Waals surface area contributed by atoms with Crippen molar-refractivity contribution in [1.29, 1.82) is 0 Å². The van der Waals surface area contributed by atoms with Gasteiger partial charge in [0, 0.05) is 18.2 Å². The van der Waals surface area contributed by atoms with Crippen molar-refractivity contribution in [1.82, 2.24) is 15.0 Å². The maximum absolute atomic E-state index is 13.8. The molecule has 2 aromatic heterocycles. The smallest absolute Gasteiger partial charge is 0.417 e. The number of halogens is 3. The summed E-state index contributed by atoms with van der Waals surface area (Å²) >= 11 is 0. The van der Waals surface area contributed by atoms with E-state index in [2.05, 4.69) is 15.0 Å². The molecule has 0 spiro atoms. The number of benzene rings is 1. The van der Waals surface area contributed by atoms with Crippen molar-refractivity contribution in [3.8, 4) is 11.5 Å². The second-order valence-electron chi connectivity index (χ2n) is 8.00. The molecule has 0 N–H and O–H groups in total. The van der Waals surface area contributed by atoms with Crippen LogP contribution in [0.3, 0.4) is 0 Å². The van der Waals surface area contributed by atoms with Crippen LogP contribution in [0.25, 0.3) is 11.1 Å². The fourth-order valence-corrected chi connectivity index (χ4v) is 4.31. The molecule has 32 heavy (non-hydrogen) atoms. The summed E-state index contributed by atoms with van der Waals surface area (Å²) in [6.07, 6.45) is -2.70. The Bertz CT molecular complexity index is 1090. The summed E-state index contributed by atoms with van der Waals surface area (Å²) in [4.78, 5) is 6.50. The van der Waals surface area contributed by atoms with E-state index in [9.17, 15) is 13.2 Å². The maximum Gasteiger partial charge on any atom is 0.417 e. The van der Waals surface area contributed by atoms with Crippen LogP contribution in [0.4, 0.5) is 13.2 Å². The summed E-state index contributed by atoms with van der Waals surface area (Å²) in [6, 6.07) is 6.93. The quantitative estimate of drug-likeness (QED) is 0.516. The number of likely N-dealkylation sites (tertiary alicyclic amines) is 1. The fourth-order valence-electron chi connectivity index (χ4n) is 4.31. The third kappa shape index (κ3) is 4.39. The fraction of sp³-hybridized carbons (Fsp3) is 0.478. The first-order chi connectivity index (χ1) is 15.3. The molecule has 0 saturated carbocycles. The summed E-state index contributed by atoms with van der Waals surface area (Å²) in [5.74, 6) is 1.24. The van der Waals surface area contributed by atoms with Crippen molar-refractivity contribution < 1.29 is 27.2 Å². The number of hydrogen-bond donors (Lipinski definition) is 0. The molecule has 0 aliphatic carbocycles. The Morgan fingerprint density at radius 3 is 2.44 bits per heavy atom. The van der Waals surface area contributed by atoms with Gasteiger partial charge in [0.2, 0.25) is 0 Å². The Morgan fingerprint density at radius 2 is 1.81 bits per heavy atom. The molecule has 3 aromatic rings. The second-order valence-corrected chi connectivity index (χ2v) is 8.00. The van der Waals surface area contributed by atoms with E-state index >= 15 is 0 Å². The first kappa shape index (κ1) is 22.4. The lowest BCUT2D eigenvalue weighted by atomic mass is 9.90.